The van der Waals surface area contributed by atoms with Gasteiger partial charge in [-0.05, 0) is 11.5 Å². The fourth-order valence-electron chi connectivity index (χ4n) is 1.91. The normalized spacial score (nSPS) is 10.6. The maximum Gasteiger partial charge on any atom is 0.115 e. The number of fused-ring (bicyclic) bond motifs is 1. The molecule has 0 radical (unpaired) electrons. The average molecular weight is 216 g/mol. The van der Waals surface area contributed by atoms with Gasteiger partial charge in [0.1, 0.15) is 6.73 Å². The van der Waals surface area contributed by atoms with Crippen molar-refractivity contribution in [2.45, 2.75) is 0 Å². The highest BCUT2D eigenvalue weighted by Crippen LogP contribution is 2.25. The lowest BCUT2D eigenvalue weighted by molar-refractivity contribution is 0.292. The lowest BCUT2D eigenvalue weighted by atomic mass is 10.1. The zero-order chi connectivity index (χ0) is 11.4. The van der Waals surface area contributed by atoms with E-state index >= 15 is 0 Å². The van der Waals surface area contributed by atoms with Gasteiger partial charge >= 0.3 is 0 Å². The Balaban J connectivity index is 2.50. The molecule has 2 aromatic rings. The summed E-state index contributed by atoms with van der Waals surface area (Å²) in [7, 11) is 0. The number of nitrogens with zero attached hydrogens (tertiary/aromatic N) is 1. The summed E-state index contributed by atoms with van der Waals surface area (Å²) in [5.74, 6) is 0. The fraction of sp³-hybridized carbons (Fsp3) is 0.231. The van der Waals surface area contributed by atoms with Crippen LogP contribution in [0.1, 0.15) is 0 Å². The van der Waals surface area contributed by atoms with Crippen LogP contribution in [0.2, 0.25) is 0 Å². The summed E-state index contributed by atoms with van der Waals surface area (Å²) in [5, 5.41) is 11.7. The van der Waals surface area contributed by atoms with Gasteiger partial charge in [0.25, 0.3) is 0 Å². The molecule has 2 aromatic carbocycles. The molecule has 0 aliphatic rings. The van der Waals surface area contributed by atoms with Crippen molar-refractivity contribution in [3.63, 3.8) is 0 Å². The number of benzene rings is 2. The monoisotopic (exact) mass is 216 g/mol. The van der Waals surface area contributed by atoms with Crippen LogP contribution >= 0.6 is 0 Å². The summed E-state index contributed by atoms with van der Waals surface area (Å²) in [5.41, 5.74) is 6.57. The number of rotatable bonds is 4. The summed E-state index contributed by atoms with van der Waals surface area (Å²) in [6.07, 6.45) is 0. The second-order valence-corrected chi connectivity index (χ2v) is 3.69. The molecule has 0 aromatic heterocycles. The molecule has 2 rings (SSSR count). The summed E-state index contributed by atoms with van der Waals surface area (Å²) in [6, 6.07) is 14.2. The Kier molecular flexibility index (Phi) is 3.39. The molecular weight excluding hydrogens is 200 g/mol. The third kappa shape index (κ3) is 2.01. The highest BCUT2D eigenvalue weighted by molar-refractivity contribution is 5.94. The highest BCUT2D eigenvalue weighted by atomic mass is 16.3. The first-order valence-corrected chi connectivity index (χ1v) is 5.40. The van der Waals surface area contributed by atoms with Gasteiger partial charge in [-0.1, -0.05) is 36.4 Å². The average Bonchev–Trinajstić information content (AvgIpc) is 2.35. The van der Waals surface area contributed by atoms with E-state index in [1.165, 1.54) is 5.39 Å². The van der Waals surface area contributed by atoms with Crippen molar-refractivity contribution in [2.75, 3.05) is 24.7 Å². The molecule has 0 saturated heterocycles. The van der Waals surface area contributed by atoms with Crippen LogP contribution in [-0.4, -0.2) is 24.9 Å². The van der Waals surface area contributed by atoms with Crippen molar-refractivity contribution in [3.8, 4) is 0 Å². The van der Waals surface area contributed by atoms with Crippen molar-refractivity contribution in [3.05, 3.63) is 42.5 Å². The van der Waals surface area contributed by atoms with Crippen LogP contribution in [-0.2, 0) is 0 Å². The molecule has 3 N–H and O–H groups in total. The van der Waals surface area contributed by atoms with Crippen LogP contribution in [0.3, 0.4) is 0 Å². The number of hydrogen-bond acceptors (Lipinski definition) is 3. The third-order valence-corrected chi connectivity index (χ3v) is 2.68. The largest absolute Gasteiger partial charge is 0.376 e. The van der Waals surface area contributed by atoms with Gasteiger partial charge in [0.05, 0.1) is 0 Å². The quantitative estimate of drug-likeness (QED) is 0.762. The first kappa shape index (κ1) is 10.9. The molecule has 0 amide bonds. The van der Waals surface area contributed by atoms with Crippen molar-refractivity contribution in [1.29, 1.82) is 0 Å². The number of nitrogens with two attached hydrogens (primary N) is 1. The number of anilines is 1. The van der Waals surface area contributed by atoms with Crippen molar-refractivity contribution in [2.24, 2.45) is 5.73 Å². The molecule has 0 unspecified atom stereocenters. The van der Waals surface area contributed by atoms with Crippen molar-refractivity contribution < 1.29 is 5.11 Å². The Bertz CT molecular complexity index is 465. The van der Waals surface area contributed by atoms with Gasteiger partial charge in [0, 0.05) is 24.2 Å². The van der Waals surface area contributed by atoms with E-state index in [1.807, 2.05) is 29.2 Å². The predicted octanol–water partition coefficient (Wildman–Crippen LogP) is 1.55. The van der Waals surface area contributed by atoms with Gasteiger partial charge in [-0.2, -0.15) is 0 Å². The maximum atomic E-state index is 9.34. The summed E-state index contributed by atoms with van der Waals surface area (Å²) < 4.78 is 0. The van der Waals surface area contributed by atoms with Crippen molar-refractivity contribution >= 4 is 16.5 Å². The molecule has 0 bridgehead atoms. The van der Waals surface area contributed by atoms with Crippen molar-refractivity contribution in [1.82, 2.24) is 0 Å². The first-order valence-electron chi connectivity index (χ1n) is 5.40. The Hall–Kier alpha value is -1.58. The maximum absolute atomic E-state index is 9.34. The standard InChI is InChI=1S/C13H16N2O/c14-8-9-15(10-16)13-7-3-5-11-4-1-2-6-12(11)13/h1-7,16H,8-10,14H2. The van der Waals surface area contributed by atoms with E-state index in [4.69, 9.17) is 5.73 Å². The van der Waals surface area contributed by atoms with Crippen LogP contribution < -0.4 is 10.6 Å². The van der Waals surface area contributed by atoms with E-state index < -0.39 is 0 Å². The molecule has 3 nitrogen and oxygen atoms in total. The zero-order valence-corrected chi connectivity index (χ0v) is 9.13. The van der Waals surface area contributed by atoms with Crippen LogP contribution in [0.15, 0.2) is 42.5 Å². The van der Waals surface area contributed by atoms with Gasteiger partial charge in [0.2, 0.25) is 0 Å². The zero-order valence-electron chi connectivity index (χ0n) is 9.13. The molecule has 0 heterocycles. The highest BCUT2D eigenvalue weighted by Gasteiger charge is 2.07. The Labute approximate surface area is 95.1 Å². The molecule has 0 fully saturated rings. The molecule has 16 heavy (non-hydrogen) atoms. The minimum Gasteiger partial charge on any atom is -0.376 e. The number of aliphatic hydroxyl groups is 1. The number of aliphatic hydroxyl groups excluding tert-OH is 1. The van der Waals surface area contributed by atoms with Gasteiger partial charge in [-0.25, -0.2) is 0 Å². The van der Waals surface area contributed by atoms with Gasteiger partial charge in [-0.3, -0.25) is 0 Å². The van der Waals surface area contributed by atoms with E-state index in [0.29, 0.717) is 13.1 Å². The molecule has 0 saturated carbocycles. The summed E-state index contributed by atoms with van der Waals surface area (Å²) in [6.45, 7) is 1.18. The van der Waals surface area contributed by atoms with E-state index in [2.05, 4.69) is 18.2 Å². The van der Waals surface area contributed by atoms with Crippen LogP contribution in [0, 0.1) is 0 Å². The van der Waals surface area contributed by atoms with Crippen LogP contribution in [0.5, 0.6) is 0 Å². The summed E-state index contributed by atoms with van der Waals surface area (Å²) >= 11 is 0. The molecule has 3 heteroatoms. The molecule has 0 atom stereocenters. The first-order chi connectivity index (χ1) is 7.86. The Morgan fingerprint density at radius 2 is 1.81 bits per heavy atom. The van der Waals surface area contributed by atoms with E-state index in [9.17, 15) is 5.11 Å². The van der Waals surface area contributed by atoms with Crippen LogP contribution in [0.25, 0.3) is 10.8 Å². The Morgan fingerprint density at radius 3 is 2.56 bits per heavy atom. The second kappa shape index (κ2) is 4.96. The van der Waals surface area contributed by atoms with Gasteiger partial charge in [-0.15, -0.1) is 0 Å². The molecule has 0 aliphatic carbocycles. The SMILES string of the molecule is NCCN(CO)c1cccc2ccccc12. The third-order valence-electron chi connectivity index (χ3n) is 2.68. The minimum absolute atomic E-state index is 0.00872. The smallest absolute Gasteiger partial charge is 0.115 e. The van der Waals surface area contributed by atoms with Crippen LogP contribution in [0.4, 0.5) is 5.69 Å². The van der Waals surface area contributed by atoms with E-state index in [1.54, 1.807) is 0 Å². The lowest BCUT2D eigenvalue weighted by Gasteiger charge is -2.22. The van der Waals surface area contributed by atoms with E-state index in [0.717, 1.165) is 11.1 Å². The molecule has 0 spiro atoms. The minimum atomic E-state index is -0.00872. The lowest BCUT2D eigenvalue weighted by Crippen LogP contribution is -2.30. The number of hydrogen-bond donors (Lipinski definition) is 2. The molecular formula is C13H16N2O. The predicted molar refractivity (Wildman–Crippen MR) is 67.4 cm³/mol. The second-order valence-electron chi connectivity index (χ2n) is 3.69. The fourth-order valence-corrected chi connectivity index (χ4v) is 1.91. The Morgan fingerprint density at radius 1 is 1.06 bits per heavy atom. The molecule has 0 aliphatic heterocycles. The van der Waals surface area contributed by atoms with Gasteiger partial charge in [0.15, 0.2) is 0 Å². The molecule has 84 valence electrons. The van der Waals surface area contributed by atoms with E-state index in [-0.39, 0.29) is 6.73 Å². The summed E-state index contributed by atoms with van der Waals surface area (Å²) in [4.78, 5) is 1.88. The van der Waals surface area contributed by atoms with Gasteiger partial charge < -0.3 is 15.7 Å². The topological polar surface area (TPSA) is 49.5 Å².